The lowest BCUT2D eigenvalue weighted by atomic mass is 9.48. The molecule has 2 aliphatic carbocycles. The zero-order chi connectivity index (χ0) is 15.7. The summed E-state index contributed by atoms with van der Waals surface area (Å²) in [7, 11) is 0. The van der Waals surface area contributed by atoms with Crippen LogP contribution in [0, 0.1) is 22.7 Å². The third kappa shape index (κ3) is 3.34. The Morgan fingerprint density at radius 1 is 1.24 bits per heavy atom. The molecule has 2 rings (SSSR count). The number of carbonyl (C=O) groups excluding carboxylic acids is 1. The third-order valence-electron chi connectivity index (χ3n) is 6.04. The topological polar surface area (TPSA) is 35.5 Å². The first-order valence-corrected chi connectivity index (χ1v) is 8.57. The quantitative estimate of drug-likeness (QED) is 0.713. The number of rotatable bonds is 5. The Labute approximate surface area is 129 Å². The Morgan fingerprint density at radius 2 is 1.95 bits per heavy atom. The van der Waals surface area contributed by atoms with Crippen LogP contribution in [0.4, 0.5) is 0 Å². The van der Waals surface area contributed by atoms with Crippen LogP contribution in [0.3, 0.4) is 0 Å². The van der Waals surface area contributed by atoms with Gasteiger partial charge in [0.2, 0.25) is 0 Å². The van der Waals surface area contributed by atoms with E-state index >= 15 is 0 Å². The Hall–Kier alpha value is -0.410. The molecule has 2 saturated carbocycles. The molecule has 0 spiro atoms. The van der Waals surface area contributed by atoms with Gasteiger partial charge in [-0.05, 0) is 49.9 Å². The molecule has 4 atom stereocenters. The van der Waals surface area contributed by atoms with Crippen LogP contribution in [0.2, 0.25) is 0 Å². The molecule has 3 nitrogen and oxygen atoms in total. The van der Waals surface area contributed by atoms with Gasteiger partial charge in [0.05, 0.1) is 6.61 Å². The van der Waals surface area contributed by atoms with Gasteiger partial charge in [0.1, 0.15) is 5.78 Å². The average Bonchev–Trinajstić information content (AvgIpc) is 2.37. The van der Waals surface area contributed by atoms with Crippen molar-refractivity contribution in [2.24, 2.45) is 22.7 Å². The van der Waals surface area contributed by atoms with Gasteiger partial charge in [-0.25, -0.2) is 0 Å². The lowest BCUT2D eigenvalue weighted by molar-refractivity contribution is -0.172. The van der Waals surface area contributed by atoms with Gasteiger partial charge in [0.25, 0.3) is 0 Å². The van der Waals surface area contributed by atoms with Crippen LogP contribution in [0.5, 0.6) is 0 Å². The molecular formula is C18H32O3. The summed E-state index contributed by atoms with van der Waals surface area (Å²) in [4.78, 5) is 12.5. The Morgan fingerprint density at radius 3 is 2.62 bits per heavy atom. The van der Waals surface area contributed by atoms with Gasteiger partial charge in [0.15, 0.2) is 6.29 Å². The summed E-state index contributed by atoms with van der Waals surface area (Å²) in [6, 6.07) is 0. The zero-order valence-electron chi connectivity index (χ0n) is 14.4. The second kappa shape index (κ2) is 6.37. The summed E-state index contributed by atoms with van der Waals surface area (Å²) in [6.07, 6.45) is 5.22. The molecular weight excluding hydrogens is 264 g/mol. The summed E-state index contributed by atoms with van der Waals surface area (Å²) < 4.78 is 11.3. The summed E-state index contributed by atoms with van der Waals surface area (Å²) in [6.45, 7) is 12.1. The average molecular weight is 296 g/mol. The second-order valence-corrected chi connectivity index (χ2v) is 7.81. The van der Waals surface area contributed by atoms with Crippen molar-refractivity contribution in [1.82, 2.24) is 0 Å². The molecule has 0 saturated heterocycles. The summed E-state index contributed by atoms with van der Waals surface area (Å²) >= 11 is 0. The first-order chi connectivity index (χ1) is 9.81. The molecule has 0 aromatic heterocycles. The van der Waals surface area contributed by atoms with E-state index in [2.05, 4.69) is 20.8 Å². The van der Waals surface area contributed by atoms with Gasteiger partial charge in [-0.1, -0.05) is 27.2 Å². The standard InChI is InChI=1S/C18H32O3/c1-6-20-13(2)21-12-14-15(19)8-9-16-17(3,4)10-7-11-18(14,16)5/h13-14,16H,6-12H2,1-5H3. The molecule has 0 aromatic carbocycles. The molecule has 21 heavy (non-hydrogen) atoms. The highest BCUT2D eigenvalue weighted by Crippen LogP contribution is 2.58. The van der Waals surface area contributed by atoms with E-state index in [1.165, 1.54) is 12.8 Å². The first-order valence-electron chi connectivity index (χ1n) is 8.57. The van der Waals surface area contributed by atoms with E-state index in [9.17, 15) is 4.79 Å². The number of fused-ring (bicyclic) bond motifs is 1. The Kier molecular flexibility index (Phi) is 5.15. The minimum Gasteiger partial charge on any atom is -0.353 e. The number of Topliss-reactive ketones (excluding diaryl/α,β-unsaturated/α-hetero) is 1. The minimum absolute atomic E-state index is 0.0405. The normalized spacial score (nSPS) is 37.1. The van der Waals surface area contributed by atoms with Gasteiger partial charge >= 0.3 is 0 Å². The molecule has 2 fully saturated rings. The molecule has 0 radical (unpaired) electrons. The Balaban J connectivity index is 2.12. The molecule has 122 valence electrons. The van der Waals surface area contributed by atoms with Crippen molar-refractivity contribution in [3.63, 3.8) is 0 Å². The van der Waals surface area contributed by atoms with Crippen molar-refractivity contribution >= 4 is 5.78 Å². The molecule has 2 aliphatic rings. The van der Waals surface area contributed by atoms with E-state index in [-0.39, 0.29) is 17.6 Å². The van der Waals surface area contributed by atoms with E-state index in [0.29, 0.717) is 30.3 Å². The monoisotopic (exact) mass is 296 g/mol. The summed E-state index contributed by atoms with van der Waals surface area (Å²) in [5, 5.41) is 0. The molecule has 0 aromatic rings. The van der Waals surface area contributed by atoms with Crippen LogP contribution >= 0.6 is 0 Å². The second-order valence-electron chi connectivity index (χ2n) is 7.81. The predicted octanol–water partition coefficient (Wildman–Crippen LogP) is 4.20. The van der Waals surface area contributed by atoms with Crippen LogP contribution in [-0.4, -0.2) is 25.3 Å². The van der Waals surface area contributed by atoms with Crippen molar-refractivity contribution in [3.05, 3.63) is 0 Å². The summed E-state index contributed by atoms with van der Waals surface area (Å²) in [5.74, 6) is 1.07. The van der Waals surface area contributed by atoms with E-state index in [1.54, 1.807) is 0 Å². The number of carbonyl (C=O) groups is 1. The number of hydrogen-bond acceptors (Lipinski definition) is 3. The lowest BCUT2D eigenvalue weighted by Gasteiger charge is -2.56. The number of ether oxygens (including phenoxy) is 2. The maximum Gasteiger partial charge on any atom is 0.154 e. The fourth-order valence-corrected chi connectivity index (χ4v) is 4.93. The molecule has 0 bridgehead atoms. The highest BCUT2D eigenvalue weighted by molar-refractivity contribution is 5.83. The summed E-state index contributed by atoms with van der Waals surface area (Å²) in [5.41, 5.74) is 0.445. The Bertz CT molecular complexity index is 377. The van der Waals surface area contributed by atoms with Crippen molar-refractivity contribution in [2.75, 3.05) is 13.2 Å². The largest absolute Gasteiger partial charge is 0.353 e. The van der Waals surface area contributed by atoms with Crippen LogP contribution in [0.15, 0.2) is 0 Å². The number of hydrogen-bond donors (Lipinski definition) is 0. The van der Waals surface area contributed by atoms with E-state index in [0.717, 1.165) is 19.3 Å². The molecule has 0 amide bonds. The highest BCUT2D eigenvalue weighted by atomic mass is 16.7. The van der Waals surface area contributed by atoms with Crippen LogP contribution < -0.4 is 0 Å². The van der Waals surface area contributed by atoms with Crippen molar-refractivity contribution in [3.8, 4) is 0 Å². The van der Waals surface area contributed by atoms with Crippen LogP contribution in [0.1, 0.15) is 66.7 Å². The maximum absolute atomic E-state index is 12.5. The number of ketones is 1. The zero-order valence-corrected chi connectivity index (χ0v) is 14.4. The molecule has 0 aliphatic heterocycles. The SMILES string of the molecule is CCOC(C)OCC1C(=O)CCC2C(C)(C)CCCC12C. The van der Waals surface area contributed by atoms with Gasteiger partial charge in [0, 0.05) is 18.9 Å². The molecule has 3 heteroatoms. The smallest absolute Gasteiger partial charge is 0.154 e. The fourth-order valence-electron chi connectivity index (χ4n) is 4.93. The van der Waals surface area contributed by atoms with Gasteiger partial charge < -0.3 is 9.47 Å². The molecule has 4 unspecified atom stereocenters. The van der Waals surface area contributed by atoms with Crippen molar-refractivity contribution in [2.45, 2.75) is 73.0 Å². The van der Waals surface area contributed by atoms with Crippen LogP contribution in [-0.2, 0) is 14.3 Å². The van der Waals surface area contributed by atoms with E-state index < -0.39 is 0 Å². The van der Waals surface area contributed by atoms with Crippen molar-refractivity contribution in [1.29, 1.82) is 0 Å². The van der Waals surface area contributed by atoms with Gasteiger partial charge in [-0.3, -0.25) is 4.79 Å². The molecule has 0 heterocycles. The van der Waals surface area contributed by atoms with Gasteiger partial charge in [-0.2, -0.15) is 0 Å². The maximum atomic E-state index is 12.5. The van der Waals surface area contributed by atoms with E-state index in [1.807, 2.05) is 13.8 Å². The fraction of sp³-hybridized carbons (Fsp3) is 0.944. The van der Waals surface area contributed by atoms with Gasteiger partial charge in [-0.15, -0.1) is 0 Å². The third-order valence-corrected chi connectivity index (χ3v) is 6.04. The van der Waals surface area contributed by atoms with Crippen molar-refractivity contribution < 1.29 is 14.3 Å². The highest BCUT2D eigenvalue weighted by Gasteiger charge is 2.54. The van der Waals surface area contributed by atoms with Crippen LogP contribution in [0.25, 0.3) is 0 Å². The predicted molar refractivity (Wildman–Crippen MR) is 84.0 cm³/mol. The van der Waals surface area contributed by atoms with E-state index in [4.69, 9.17) is 9.47 Å². The minimum atomic E-state index is -0.219. The lowest BCUT2D eigenvalue weighted by Crippen LogP contribution is -2.53. The first kappa shape index (κ1) is 17.0. The molecule has 0 N–H and O–H groups in total.